The standard InChI is InChI=1S/C14H19NO2/c1-10(2)9-17-14(16)12-5-3-7-13-11(12)6-4-8-15-13/h3,5,7,10,15H,4,6,8-9H2,1-2H3. The molecule has 1 N–H and O–H groups in total. The van der Waals surface area contributed by atoms with Crippen molar-refractivity contribution in [1.82, 2.24) is 0 Å². The highest BCUT2D eigenvalue weighted by molar-refractivity contribution is 5.93. The van der Waals surface area contributed by atoms with Crippen molar-refractivity contribution in [2.45, 2.75) is 26.7 Å². The van der Waals surface area contributed by atoms with Gasteiger partial charge < -0.3 is 10.1 Å². The molecule has 3 nitrogen and oxygen atoms in total. The van der Waals surface area contributed by atoms with Crippen LogP contribution < -0.4 is 5.32 Å². The van der Waals surface area contributed by atoms with Crippen LogP contribution in [0.15, 0.2) is 18.2 Å². The van der Waals surface area contributed by atoms with Gasteiger partial charge in [0.15, 0.2) is 0 Å². The van der Waals surface area contributed by atoms with E-state index in [-0.39, 0.29) is 5.97 Å². The van der Waals surface area contributed by atoms with Crippen molar-refractivity contribution in [2.24, 2.45) is 5.92 Å². The van der Waals surface area contributed by atoms with Gasteiger partial charge >= 0.3 is 5.97 Å². The maximum Gasteiger partial charge on any atom is 0.338 e. The number of benzene rings is 1. The minimum Gasteiger partial charge on any atom is -0.462 e. The van der Waals surface area contributed by atoms with Crippen LogP contribution in [0.2, 0.25) is 0 Å². The molecule has 0 saturated carbocycles. The van der Waals surface area contributed by atoms with E-state index in [1.165, 1.54) is 0 Å². The van der Waals surface area contributed by atoms with Gasteiger partial charge in [0.05, 0.1) is 12.2 Å². The third-order valence-corrected chi connectivity index (χ3v) is 2.86. The Hall–Kier alpha value is -1.51. The van der Waals surface area contributed by atoms with Crippen LogP contribution in [0.3, 0.4) is 0 Å². The smallest absolute Gasteiger partial charge is 0.338 e. The molecule has 1 aliphatic rings. The normalized spacial score (nSPS) is 14.1. The summed E-state index contributed by atoms with van der Waals surface area (Å²) in [6.07, 6.45) is 2.02. The maximum absolute atomic E-state index is 12.0. The molecule has 2 rings (SSSR count). The van der Waals surface area contributed by atoms with Gasteiger partial charge in [0.25, 0.3) is 0 Å². The molecule has 92 valence electrons. The Morgan fingerprint density at radius 2 is 2.29 bits per heavy atom. The lowest BCUT2D eigenvalue weighted by Gasteiger charge is -2.20. The van der Waals surface area contributed by atoms with E-state index >= 15 is 0 Å². The highest BCUT2D eigenvalue weighted by Crippen LogP contribution is 2.25. The predicted molar refractivity (Wildman–Crippen MR) is 68.4 cm³/mol. The Balaban J connectivity index is 2.17. The zero-order valence-corrected chi connectivity index (χ0v) is 10.5. The molecule has 17 heavy (non-hydrogen) atoms. The predicted octanol–water partition coefficient (Wildman–Crippen LogP) is 2.86. The summed E-state index contributed by atoms with van der Waals surface area (Å²) in [5.41, 5.74) is 2.90. The first kappa shape index (κ1) is 12.0. The molecule has 1 aromatic rings. The Morgan fingerprint density at radius 3 is 3.06 bits per heavy atom. The second kappa shape index (κ2) is 5.21. The van der Waals surface area contributed by atoms with Gasteiger partial charge in [0, 0.05) is 12.2 Å². The molecule has 0 spiro atoms. The lowest BCUT2D eigenvalue weighted by molar-refractivity contribution is 0.0457. The molecule has 0 unspecified atom stereocenters. The molecular formula is C14H19NO2. The number of nitrogens with one attached hydrogen (secondary N) is 1. The van der Waals surface area contributed by atoms with E-state index in [1.807, 2.05) is 32.0 Å². The third-order valence-electron chi connectivity index (χ3n) is 2.86. The summed E-state index contributed by atoms with van der Waals surface area (Å²) in [7, 11) is 0. The molecule has 1 aliphatic heterocycles. The van der Waals surface area contributed by atoms with Crippen LogP contribution in [0.1, 0.15) is 36.2 Å². The van der Waals surface area contributed by atoms with E-state index in [2.05, 4.69) is 5.32 Å². The van der Waals surface area contributed by atoms with Gasteiger partial charge in [-0.2, -0.15) is 0 Å². The van der Waals surface area contributed by atoms with Gasteiger partial charge in [0.1, 0.15) is 0 Å². The largest absolute Gasteiger partial charge is 0.462 e. The minimum absolute atomic E-state index is 0.195. The Bertz CT molecular complexity index is 413. The molecule has 0 aliphatic carbocycles. The summed E-state index contributed by atoms with van der Waals surface area (Å²) in [6.45, 7) is 5.54. The fourth-order valence-corrected chi connectivity index (χ4v) is 2.02. The van der Waals surface area contributed by atoms with Crippen LogP contribution in [0, 0.1) is 5.92 Å². The summed E-state index contributed by atoms with van der Waals surface area (Å²) in [5.74, 6) is 0.177. The number of esters is 1. The quantitative estimate of drug-likeness (QED) is 0.816. The highest BCUT2D eigenvalue weighted by Gasteiger charge is 2.18. The summed E-state index contributed by atoms with van der Waals surface area (Å²) in [5, 5.41) is 3.31. The van der Waals surface area contributed by atoms with Gasteiger partial charge in [-0.05, 0) is 36.5 Å². The van der Waals surface area contributed by atoms with Crippen LogP contribution in [-0.4, -0.2) is 19.1 Å². The topological polar surface area (TPSA) is 38.3 Å². The molecule has 1 heterocycles. The van der Waals surface area contributed by atoms with E-state index in [1.54, 1.807) is 0 Å². The number of carbonyl (C=O) groups excluding carboxylic acids is 1. The van der Waals surface area contributed by atoms with Crippen LogP contribution in [0.5, 0.6) is 0 Å². The van der Waals surface area contributed by atoms with E-state index in [0.717, 1.165) is 36.2 Å². The molecule has 0 atom stereocenters. The summed E-state index contributed by atoms with van der Waals surface area (Å²) >= 11 is 0. The molecule has 3 heteroatoms. The summed E-state index contributed by atoms with van der Waals surface area (Å²) < 4.78 is 5.29. The SMILES string of the molecule is CC(C)COC(=O)c1cccc2c1CCCN2. The zero-order valence-electron chi connectivity index (χ0n) is 10.5. The molecule has 0 saturated heterocycles. The molecule has 1 aromatic carbocycles. The monoisotopic (exact) mass is 233 g/mol. The van der Waals surface area contributed by atoms with Crippen LogP contribution in [0.25, 0.3) is 0 Å². The maximum atomic E-state index is 12.0. The number of carbonyl (C=O) groups is 1. The highest BCUT2D eigenvalue weighted by atomic mass is 16.5. The fourth-order valence-electron chi connectivity index (χ4n) is 2.02. The van der Waals surface area contributed by atoms with Crippen molar-refractivity contribution < 1.29 is 9.53 Å². The molecule has 0 fully saturated rings. The van der Waals surface area contributed by atoms with Gasteiger partial charge in [0.2, 0.25) is 0 Å². The van der Waals surface area contributed by atoms with Crippen molar-refractivity contribution >= 4 is 11.7 Å². The van der Waals surface area contributed by atoms with E-state index in [4.69, 9.17) is 4.74 Å². The lowest BCUT2D eigenvalue weighted by Crippen LogP contribution is -2.17. The number of rotatable bonds is 3. The Labute approximate surface area is 102 Å². The molecule has 0 radical (unpaired) electrons. The lowest BCUT2D eigenvalue weighted by atomic mass is 9.98. The van der Waals surface area contributed by atoms with E-state index in [9.17, 15) is 4.79 Å². The van der Waals surface area contributed by atoms with Crippen molar-refractivity contribution in [3.8, 4) is 0 Å². The molecular weight excluding hydrogens is 214 g/mol. The van der Waals surface area contributed by atoms with Gasteiger partial charge in [-0.3, -0.25) is 0 Å². The first-order valence-corrected chi connectivity index (χ1v) is 6.21. The molecule has 0 amide bonds. The molecule has 0 bridgehead atoms. The first-order valence-electron chi connectivity index (χ1n) is 6.21. The average Bonchev–Trinajstić information content (AvgIpc) is 2.35. The fraction of sp³-hybridized carbons (Fsp3) is 0.500. The Morgan fingerprint density at radius 1 is 1.47 bits per heavy atom. The summed E-state index contributed by atoms with van der Waals surface area (Å²) in [4.78, 5) is 12.0. The van der Waals surface area contributed by atoms with Crippen molar-refractivity contribution in [1.29, 1.82) is 0 Å². The van der Waals surface area contributed by atoms with Gasteiger partial charge in [-0.1, -0.05) is 19.9 Å². The molecule has 0 aromatic heterocycles. The van der Waals surface area contributed by atoms with Gasteiger partial charge in [-0.25, -0.2) is 4.79 Å². The average molecular weight is 233 g/mol. The van der Waals surface area contributed by atoms with Crippen LogP contribution in [-0.2, 0) is 11.2 Å². The number of hydrogen-bond acceptors (Lipinski definition) is 3. The van der Waals surface area contributed by atoms with Crippen molar-refractivity contribution in [3.63, 3.8) is 0 Å². The Kier molecular flexibility index (Phi) is 3.67. The minimum atomic E-state index is -0.195. The van der Waals surface area contributed by atoms with Crippen LogP contribution in [0.4, 0.5) is 5.69 Å². The number of anilines is 1. The number of ether oxygens (including phenoxy) is 1. The second-order valence-electron chi connectivity index (χ2n) is 4.85. The van der Waals surface area contributed by atoms with E-state index in [0.29, 0.717) is 12.5 Å². The van der Waals surface area contributed by atoms with Crippen LogP contribution >= 0.6 is 0 Å². The van der Waals surface area contributed by atoms with E-state index < -0.39 is 0 Å². The van der Waals surface area contributed by atoms with Gasteiger partial charge in [-0.15, -0.1) is 0 Å². The number of hydrogen-bond donors (Lipinski definition) is 1. The second-order valence-corrected chi connectivity index (χ2v) is 4.85. The van der Waals surface area contributed by atoms with Crippen molar-refractivity contribution in [3.05, 3.63) is 29.3 Å². The number of fused-ring (bicyclic) bond motifs is 1. The zero-order chi connectivity index (χ0) is 12.3. The third kappa shape index (κ3) is 2.78. The van der Waals surface area contributed by atoms with Crippen molar-refractivity contribution in [2.75, 3.05) is 18.5 Å². The first-order chi connectivity index (χ1) is 8.18. The summed E-state index contributed by atoms with van der Waals surface area (Å²) in [6, 6.07) is 5.78.